The number of carbonyl (C=O) groups excluding carboxylic acids is 1. The fraction of sp³-hybridized carbons (Fsp3) is 0.171. The third-order valence-corrected chi connectivity index (χ3v) is 8.50. The molecule has 1 amide bonds. The van der Waals surface area contributed by atoms with Gasteiger partial charge in [0.15, 0.2) is 0 Å². The minimum atomic E-state index is -0.283. The fourth-order valence-corrected chi connectivity index (χ4v) is 6.78. The van der Waals surface area contributed by atoms with Crippen LogP contribution in [0.3, 0.4) is 0 Å². The largest absolute Gasteiger partial charge is 0.497 e. The van der Waals surface area contributed by atoms with E-state index in [0.29, 0.717) is 0 Å². The van der Waals surface area contributed by atoms with Gasteiger partial charge in [0, 0.05) is 44.8 Å². The molecule has 2 atom stereocenters. The predicted molar refractivity (Wildman–Crippen MR) is 161 cm³/mol. The Morgan fingerprint density at radius 1 is 0.700 bits per heavy atom. The number of β-lactam (4-membered cyclic amide) rings is 1. The number of hydrogen-bond donors (Lipinski definition) is 2. The molecule has 5 nitrogen and oxygen atoms in total. The number of rotatable bonds is 6. The van der Waals surface area contributed by atoms with Gasteiger partial charge in [0.25, 0.3) is 0 Å². The number of methoxy groups -OCH3 is 1. The number of ether oxygens (including phenoxy) is 1. The molecule has 6 aromatic rings. The summed E-state index contributed by atoms with van der Waals surface area (Å²) in [4.78, 5) is 23.4. The molecule has 2 aromatic heterocycles. The van der Waals surface area contributed by atoms with Crippen LogP contribution in [-0.4, -0.2) is 29.0 Å². The summed E-state index contributed by atoms with van der Waals surface area (Å²) in [5, 5.41) is 2.38. The van der Waals surface area contributed by atoms with Crippen LogP contribution in [0, 0.1) is 13.8 Å². The first-order valence-electron chi connectivity index (χ1n) is 13.7. The number of carbonyl (C=O) groups is 1. The van der Waals surface area contributed by atoms with Gasteiger partial charge in [-0.05, 0) is 66.9 Å². The number of aryl methyl sites for hydroxylation is 2. The quantitative estimate of drug-likeness (QED) is 0.220. The van der Waals surface area contributed by atoms with E-state index >= 15 is 0 Å². The lowest BCUT2D eigenvalue weighted by atomic mass is 9.69. The highest BCUT2D eigenvalue weighted by Crippen LogP contribution is 2.52. The molecule has 0 unspecified atom stereocenters. The number of nitrogens with one attached hydrogen (secondary N) is 2. The van der Waals surface area contributed by atoms with Gasteiger partial charge in [0.1, 0.15) is 5.75 Å². The van der Waals surface area contributed by atoms with E-state index in [4.69, 9.17) is 4.74 Å². The standard InChI is InChI=1S/C35H31N3O2/c1-21-30(26-13-7-9-15-28(26)36-21)33(31-22(2)37-29-16-10-8-14-27(29)31)34-32(23-11-5-4-6-12-23)35(39)38(34)24-17-19-25(40-3)20-18-24/h4-20,32-34,36-37H,1-3H3/t32-,34-/m1/s1. The number of benzene rings is 4. The molecule has 0 saturated carbocycles. The molecule has 198 valence electrons. The van der Waals surface area contributed by atoms with E-state index < -0.39 is 0 Å². The van der Waals surface area contributed by atoms with Gasteiger partial charge in [-0.25, -0.2) is 0 Å². The van der Waals surface area contributed by atoms with Crippen molar-refractivity contribution in [1.29, 1.82) is 0 Å². The SMILES string of the molecule is COc1ccc(N2C(=O)[C@H](c3ccccc3)[C@@H]2C(c2c(C)[nH]c3ccccc23)c2c(C)[nH]c3ccccc23)cc1. The minimum absolute atomic E-state index is 0.0858. The Morgan fingerprint density at radius 3 is 1.77 bits per heavy atom. The maximum Gasteiger partial charge on any atom is 0.237 e. The van der Waals surface area contributed by atoms with Gasteiger partial charge in [-0.15, -0.1) is 0 Å². The summed E-state index contributed by atoms with van der Waals surface area (Å²) < 4.78 is 5.43. The maximum absolute atomic E-state index is 14.1. The molecule has 0 radical (unpaired) electrons. The molecular formula is C35H31N3O2. The molecule has 5 heteroatoms. The minimum Gasteiger partial charge on any atom is -0.497 e. The zero-order valence-corrected chi connectivity index (χ0v) is 22.8. The smallest absolute Gasteiger partial charge is 0.237 e. The topological polar surface area (TPSA) is 61.1 Å². The van der Waals surface area contributed by atoms with Gasteiger partial charge in [-0.2, -0.15) is 0 Å². The van der Waals surface area contributed by atoms with Gasteiger partial charge in [-0.1, -0.05) is 66.7 Å². The van der Waals surface area contributed by atoms with Crippen molar-refractivity contribution in [1.82, 2.24) is 9.97 Å². The molecule has 1 saturated heterocycles. The molecule has 3 heterocycles. The van der Waals surface area contributed by atoms with E-state index in [0.717, 1.165) is 39.4 Å². The Hall–Kier alpha value is -4.77. The van der Waals surface area contributed by atoms with Crippen LogP contribution in [0.1, 0.15) is 39.9 Å². The van der Waals surface area contributed by atoms with E-state index in [1.165, 1.54) is 21.9 Å². The molecule has 1 aliphatic heterocycles. The number of para-hydroxylation sites is 2. The molecule has 40 heavy (non-hydrogen) atoms. The molecule has 0 aliphatic carbocycles. The van der Waals surface area contributed by atoms with E-state index in [9.17, 15) is 4.79 Å². The van der Waals surface area contributed by atoms with E-state index in [-0.39, 0.29) is 23.8 Å². The van der Waals surface area contributed by atoms with Gasteiger partial charge >= 0.3 is 0 Å². The van der Waals surface area contributed by atoms with Crippen LogP contribution in [-0.2, 0) is 4.79 Å². The van der Waals surface area contributed by atoms with Gasteiger partial charge < -0.3 is 19.6 Å². The highest BCUT2D eigenvalue weighted by Gasteiger charge is 2.54. The van der Waals surface area contributed by atoms with Crippen LogP contribution in [0.2, 0.25) is 0 Å². The molecule has 0 spiro atoms. The van der Waals surface area contributed by atoms with E-state index in [2.05, 4.69) is 84.5 Å². The van der Waals surface area contributed by atoms with Gasteiger partial charge in [-0.3, -0.25) is 4.79 Å². The van der Waals surface area contributed by atoms with Crippen molar-refractivity contribution in [3.05, 3.63) is 131 Å². The Bertz CT molecular complexity index is 1770. The van der Waals surface area contributed by atoms with Crippen LogP contribution < -0.4 is 9.64 Å². The summed E-state index contributed by atoms with van der Waals surface area (Å²) >= 11 is 0. The van der Waals surface area contributed by atoms with Crippen molar-refractivity contribution in [2.75, 3.05) is 12.0 Å². The van der Waals surface area contributed by atoms with E-state index in [1.54, 1.807) is 7.11 Å². The van der Waals surface area contributed by atoms with Crippen LogP contribution in [0.25, 0.3) is 21.8 Å². The second-order valence-corrected chi connectivity index (χ2v) is 10.7. The number of hydrogen-bond acceptors (Lipinski definition) is 2. The first-order chi connectivity index (χ1) is 19.6. The fourth-order valence-electron chi connectivity index (χ4n) is 6.78. The average Bonchev–Trinajstić information content (AvgIpc) is 3.49. The molecule has 7 rings (SSSR count). The zero-order chi connectivity index (χ0) is 27.4. The summed E-state index contributed by atoms with van der Waals surface area (Å²) in [6.45, 7) is 4.31. The first kappa shape index (κ1) is 24.3. The molecule has 0 bridgehead atoms. The van der Waals surface area contributed by atoms with Crippen molar-refractivity contribution in [2.24, 2.45) is 0 Å². The molecule has 1 aliphatic rings. The summed E-state index contributed by atoms with van der Waals surface area (Å²) in [5.41, 5.74) is 8.85. The Morgan fingerprint density at radius 2 is 1.23 bits per heavy atom. The number of aromatic nitrogens is 2. The van der Waals surface area contributed by atoms with Gasteiger partial charge in [0.05, 0.1) is 19.1 Å². The number of fused-ring (bicyclic) bond motifs is 2. The van der Waals surface area contributed by atoms with Crippen LogP contribution in [0.5, 0.6) is 5.75 Å². The van der Waals surface area contributed by atoms with Crippen LogP contribution in [0.15, 0.2) is 103 Å². The van der Waals surface area contributed by atoms with Crippen molar-refractivity contribution in [3.8, 4) is 5.75 Å². The number of nitrogens with zero attached hydrogens (tertiary/aromatic N) is 1. The van der Waals surface area contributed by atoms with Crippen LogP contribution >= 0.6 is 0 Å². The number of H-pyrrole nitrogens is 2. The summed E-state index contributed by atoms with van der Waals surface area (Å²) in [7, 11) is 1.66. The Kier molecular flexibility index (Phi) is 5.74. The molecule has 1 fully saturated rings. The van der Waals surface area contributed by atoms with Crippen molar-refractivity contribution >= 4 is 33.4 Å². The molecule has 2 N–H and O–H groups in total. The van der Waals surface area contributed by atoms with Gasteiger partial charge in [0.2, 0.25) is 5.91 Å². The highest BCUT2D eigenvalue weighted by atomic mass is 16.5. The molecule has 4 aromatic carbocycles. The predicted octanol–water partition coefficient (Wildman–Crippen LogP) is 7.61. The third kappa shape index (κ3) is 3.65. The Labute approximate surface area is 233 Å². The number of anilines is 1. The summed E-state index contributed by atoms with van der Waals surface area (Å²) in [5.74, 6) is 0.512. The normalized spacial score (nSPS) is 17.1. The lowest BCUT2D eigenvalue weighted by molar-refractivity contribution is -0.126. The second kappa shape index (κ2) is 9.45. The highest BCUT2D eigenvalue weighted by molar-refractivity contribution is 6.07. The van der Waals surface area contributed by atoms with Crippen LogP contribution in [0.4, 0.5) is 5.69 Å². The summed E-state index contributed by atoms with van der Waals surface area (Å²) in [6.07, 6.45) is 0. The monoisotopic (exact) mass is 525 g/mol. The zero-order valence-electron chi connectivity index (χ0n) is 22.8. The summed E-state index contributed by atoms with van der Waals surface area (Å²) in [6, 6.07) is 34.9. The lowest BCUT2D eigenvalue weighted by Crippen LogP contribution is -2.62. The number of aromatic amines is 2. The van der Waals surface area contributed by atoms with E-state index in [1.807, 2.05) is 47.4 Å². The second-order valence-electron chi connectivity index (χ2n) is 10.7. The lowest BCUT2D eigenvalue weighted by Gasteiger charge is -2.51. The Balaban J connectivity index is 1.52. The maximum atomic E-state index is 14.1. The number of amides is 1. The van der Waals surface area contributed by atoms with Crippen molar-refractivity contribution < 1.29 is 9.53 Å². The van der Waals surface area contributed by atoms with Crippen molar-refractivity contribution in [2.45, 2.75) is 31.7 Å². The molecular weight excluding hydrogens is 494 g/mol. The van der Waals surface area contributed by atoms with Crippen molar-refractivity contribution in [3.63, 3.8) is 0 Å². The third-order valence-electron chi connectivity index (χ3n) is 8.50. The first-order valence-corrected chi connectivity index (χ1v) is 13.7. The average molecular weight is 526 g/mol.